The predicted octanol–water partition coefficient (Wildman–Crippen LogP) is 3.74. The molecule has 2 atom stereocenters. The van der Waals surface area contributed by atoms with Crippen LogP contribution in [0.2, 0.25) is 0 Å². The summed E-state index contributed by atoms with van der Waals surface area (Å²) in [6, 6.07) is 16.8. The van der Waals surface area contributed by atoms with Gasteiger partial charge in [-0.1, -0.05) is 61.9 Å². The Morgan fingerprint density at radius 1 is 1.04 bits per heavy atom. The Morgan fingerprint density at radius 2 is 1.67 bits per heavy atom. The SMILES string of the molecule is Cc1ccc(S(=O)(=O)N2CC(c3ccccc3)OC2C(C)C)cc1. The van der Waals surface area contributed by atoms with Crippen LogP contribution < -0.4 is 0 Å². The van der Waals surface area contributed by atoms with Gasteiger partial charge in [-0.2, -0.15) is 4.31 Å². The maximum Gasteiger partial charge on any atom is 0.245 e. The highest BCUT2D eigenvalue weighted by Crippen LogP contribution is 2.36. The van der Waals surface area contributed by atoms with Crippen LogP contribution in [0.5, 0.6) is 0 Å². The van der Waals surface area contributed by atoms with Crippen LogP contribution in [0.1, 0.15) is 31.1 Å². The molecule has 3 rings (SSSR count). The highest BCUT2D eigenvalue weighted by atomic mass is 32.2. The average molecular weight is 345 g/mol. The van der Waals surface area contributed by atoms with Gasteiger partial charge in [-0.3, -0.25) is 0 Å². The first kappa shape index (κ1) is 17.1. The zero-order chi connectivity index (χ0) is 17.3. The van der Waals surface area contributed by atoms with Gasteiger partial charge in [0.05, 0.1) is 11.0 Å². The van der Waals surface area contributed by atoms with Gasteiger partial charge in [0, 0.05) is 6.54 Å². The van der Waals surface area contributed by atoms with Crippen molar-refractivity contribution in [3.05, 3.63) is 65.7 Å². The van der Waals surface area contributed by atoms with Crippen molar-refractivity contribution in [2.75, 3.05) is 6.54 Å². The van der Waals surface area contributed by atoms with Gasteiger partial charge in [-0.25, -0.2) is 8.42 Å². The second-order valence-electron chi connectivity index (χ2n) is 6.56. The van der Waals surface area contributed by atoms with Crippen LogP contribution in [0.4, 0.5) is 0 Å². The van der Waals surface area contributed by atoms with Gasteiger partial charge in [0.2, 0.25) is 10.0 Å². The van der Waals surface area contributed by atoms with Crippen LogP contribution in [-0.2, 0) is 14.8 Å². The molecule has 2 unspecified atom stereocenters. The quantitative estimate of drug-likeness (QED) is 0.848. The van der Waals surface area contributed by atoms with Crippen molar-refractivity contribution in [2.45, 2.75) is 38.0 Å². The van der Waals surface area contributed by atoms with E-state index >= 15 is 0 Å². The molecule has 4 nitrogen and oxygen atoms in total. The van der Waals surface area contributed by atoms with Crippen molar-refractivity contribution in [1.29, 1.82) is 0 Å². The first-order chi connectivity index (χ1) is 11.4. The Labute approximate surface area is 144 Å². The Hall–Kier alpha value is -1.69. The minimum absolute atomic E-state index is 0.0685. The molecule has 2 aromatic carbocycles. The molecule has 1 aliphatic heterocycles. The lowest BCUT2D eigenvalue weighted by Gasteiger charge is -2.25. The smallest absolute Gasteiger partial charge is 0.245 e. The fraction of sp³-hybridized carbons (Fsp3) is 0.368. The van der Waals surface area contributed by atoms with Gasteiger partial charge < -0.3 is 4.74 Å². The summed E-state index contributed by atoms with van der Waals surface area (Å²) < 4.78 is 33.8. The minimum atomic E-state index is -3.58. The van der Waals surface area contributed by atoms with E-state index < -0.39 is 16.3 Å². The van der Waals surface area contributed by atoms with Crippen LogP contribution in [0, 0.1) is 12.8 Å². The van der Waals surface area contributed by atoms with Gasteiger partial charge in [-0.05, 0) is 30.5 Å². The summed E-state index contributed by atoms with van der Waals surface area (Å²) in [6.45, 7) is 6.24. The van der Waals surface area contributed by atoms with Crippen LogP contribution in [0.3, 0.4) is 0 Å². The second-order valence-corrected chi connectivity index (χ2v) is 8.45. The first-order valence-electron chi connectivity index (χ1n) is 8.18. The number of aryl methyl sites for hydroxylation is 1. The lowest BCUT2D eigenvalue weighted by Crippen LogP contribution is -2.39. The summed E-state index contributed by atoms with van der Waals surface area (Å²) in [7, 11) is -3.58. The number of hydrogen-bond acceptors (Lipinski definition) is 3. The number of hydrogen-bond donors (Lipinski definition) is 0. The Morgan fingerprint density at radius 3 is 2.25 bits per heavy atom. The standard InChI is InChI=1S/C19H23NO3S/c1-14(2)19-20(13-18(23-19)16-7-5-4-6-8-16)24(21,22)17-11-9-15(3)10-12-17/h4-12,14,18-19H,13H2,1-3H3. The van der Waals surface area contributed by atoms with Crippen LogP contribution in [0.25, 0.3) is 0 Å². The second kappa shape index (κ2) is 6.67. The largest absolute Gasteiger partial charge is 0.353 e. The van der Waals surface area contributed by atoms with Gasteiger partial charge >= 0.3 is 0 Å². The molecule has 0 aliphatic carbocycles. The molecule has 5 heteroatoms. The van der Waals surface area contributed by atoms with E-state index in [-0.39, 0.29) is 12.0 Å². The summed E-state index contributed by atoms with van der Waals surface area (Å²) >= 11 is 0. The van der Waals surface area contributed by atoms with E-state index in [4.69, 9.17) is 4.74 Å². The van der Waals surface area contributed by atoms with E-state index in [0.717, 1.165) is 11.1 Å². The third-order valence-corrected chi connectivity index (χ3v) is 6.14. The molecule has 0 bridgehead atoms. The number of benzene rings is 2. The topological polar surface area (TPSA) is 46.6 Å². The van der Waals surface area contributed by atoms with Crippen LogP contribution in [-0.4, -0.2) is 25.5 Å². The maximum absolute atomic E-state index is 13.1. The van der Waals surface area contributed by atoms with Crippen molar-refractivity contribution in [2.24, 2.45) is 5.92 Å². The molecule has 1 aliphatic rings. The number of nitrogens with zero attached hydrogens (tertiary/aromatic N) is 1. The van der Waals surface area contributed by atoms with E-state index in [9.17, 15) is 8.42 Å². The molecular weight excluding hydrogens is 322 g/mol. The molecule has 2 aromatic rings. The van der Waals surface area contributed by atoms with E-state index in [1.54, 1.807) is 12.1 Å². The Kier molecular flexibility index (Phi) is 4.76. The van der Waals surface area contributed by atoms with Gasteiger partial charge in [-0.15, -0.1) is 0 Å². The van der Waals surface area contributed by atoms with Crippen molar-refractivity contribution >= 4 is 10.0 Å². The molecule has 0 saturated carbocycles. The molecule has 0 aromatic heterocycles. The van der Waals surface area contributed by atoms with Crippen molar-refractivity contribution in [1.82, 2.24) is 4.31 Å². The van der Waals surface area contributed by atoms with Gasteiger partial charge in [0.15, 0.2) is 0 Å². The molecule has 0 spiro atoms. The van der Waals surface area contributed by atoms with E-state index in [1.165, 1.54) is 4.31 Å². The lowest BCUT2D eigenvalue weighted by molar-refractivity contribution is -0.00833. The van der Waals surface area contributed by atoms with E-state index in [2.05, 4.69) is 0 Å². The Balaban J connectivity index is 1.94. The molecule has 1 fully saturated rings. The zero-order valence-electron chi connectivity index (χ0n) is 14.2. The fourth-order valence-electron chi connectivity index (χ4n) is 2.97. The summed E-state index contributed by atoms with van der Waals surface area (Å²) in [4.78, 5) is 0.316. The number of sulfonamides is 1. The molecule has 1 saturated heterocycles. The normalized spacial score (nSPS) is 22.2. The summed E-state index contributed by atoms with van der Waals surface area (Å²) in [5.41, 5.74) is 2.04. The number of ether oxygens (including phenoxy) is 1. The molecule has 0 N–H and O–H groups in total. The highest BCUT2D eigenvalue weighted by molar-refractivity contribution is 7.89. The third-order valence-electron chi connectivity index (χ3n) is 4.30. The summed E-state index contributed by atoms with van der Waals surface area (Å²) in [6.07, 6.45) is -0.694. The lowest BCUT2D eigenvalue weighted by atomic mass is 10.1. The van der Waals surface area contributed by atoms with Crippen LogP contribution >= 0.6 is 0 Å². The first-order valence-corrected chi connectivity index (χ1v) is 9.62. The van der Waals surface area contributed by atoms with Crippen molar-refractivity contribution in [3.63, 3.8) is 0 Å². The molecule has 24 heavy (non-hydrogen) atoms. The zero-order valence-corrected chi connectivity index (χ0v) is 15.0. The van der Waals surface area contributed by atoms with Gasteiger partial charge in [0.25, 0.3) is 0 Å². The summed E-state index contributed by atoms with van der Waals surface area (Å²) in [5.74, 6) is 0.0685. The maximum atomic E-state index is 13.1. The molecule has 128 valence electrons. The van der Waals surface area contributed by atoms with Gasteiger partial charge in [0.1, 0.15) is 6.23 Å². The summed E-state index contributed by atoms with van der Waals surface area (Å²) in [5, 5.41) is 0. The van der Waals surface area contributed by atoms with E-state index in [1.807, 2.05) is 63.2 Å². The van der Waals surface area contributed by atoms with Crippen LogP contribution in [0.15, 0.2) is 59.5 Å². The van der Waals surface area contributed by atoms with Crippen molar-refractivity contribution < 1.29 is 13.2 Å². The van der Waals surface area contributed by atoms with Crippen molar-refractivity contribution in [3.8, 4) is 0 Å². The highest BCUT2D eigenvalue weighted by Gasteiger charge is 2.42. The molecule has 0 amide bonds. The minimum Gasteiger partial charge on any atom is -0.353 e. The van der Waals surface area contributed by atoms with E-state index in [0.29, 0.717) is 11.4 Å². The fourth-order valence-corrected chi connectivity index (χ4v) is 4.62. The Bertz CT molecular complexity index is 785. The number of rotatable bonds is 4. The average Bonchev–Trinajstić information content (AvgIpc) is 3.02. The third kappa shape index (κ3) is 3.24. The molecule has 0 radical (unpaired) electrons. The predicted molar refractivity (Wildman–Crippen MR) is 94.0 cm³/mol. The molecular formula is C19H23NO3S. The molecule has 1 heterocycles. The monoisotopic (exact) mass is 345 g/mol.